The second-order valence-corrected chi connectivity index (χ2v) is 5.42. The largest absolute Gasteiger partial charge is 0.420 e. The minimum atomic E-state index is 0.571. The highest BCUT2D eigenvalue weighted by atomic mass is 127. The Kier molecular flexibility index (Phi) is 3.59. The van der Waals surface area contributed by atoms with Gasteiger partial charge in [0.05, 0.1) is 6.42 Å². The second-order valence-electron chi connectivity index (χ2n) is 4.17. The molecule has 0 unspecified atom stereocenters. The molecule has 0 aliphatic carbocycles. The van der Waals surface area contributed by atoms with Gasteiger partial charge in [-0.25, -0.2) is 0 Å². The van der Waals surface area contributed by atoms with Gasteiger partial charge < -0.3 is 4.42 Å². The van der Waals surface area contributed by atoms with E-state index in [0.29, 0.717) is 18.2 Å². The third-order valence-corrected chi connectivity index (χ3v) is 3.40. The zero-order chi connectivity index (χ0) is 13.1. The van der Waals surface area contributed by atoms with Crippen LogP contribution in [0.1, 0.15) is 11.5 Å². The molecule has 0 fully saturated rings. The normalized spacial score (nSPS) is 10.6. The molecule has 0 saturated carbocycles. The van der Waals surface area contributed by atoms with E-state index in [1.165, 1.54) is 9.13 Å². The van der Waals surface area contributed by atoms with E-state index < -0.39 is 0 Å². The van der Waals surface area contributed by atoms with Gasteiger partial charge in [-0.3, -0.25) is 0 Å². The van der Waals surface area contributed by atoms with Crippen molar-refractivity contribution in [3.8, 4) is 11.5 Å². The molecule has 0 radical (unpaired) electrons. The van der Waals surface area contributed by atoms with Gasteiger partial charge in [0, 0.05) is 9.13 Å². The maximum atomic E-state index is 5.69. The fourth-order valence-corrected chi connectivity index (χ4v) is 2.45. The molecule has 0 aliphatic rings. The van der Waals surface area contributed by atoms with Crippen molar-refractivity contribution in [2.45, 2.75) is 6.42 Å². The molecule has 0 N–H and O–H groups in total. The summed E-state index contributed by atoms with van der Waals surface area (Å²) >= 11 is 2.30. The van der Waals surface area contributed by atoms with Crippen LogP contribution >= 0.6 is 22.6 Å². The van der Waals surface area contributed by atoms with Crippen molar-refractivity contribution in [1.82, 2.24) is 10.2 Å². The van der Waals surface area contributed by atoms with Crippen LogP contribution in [-0.4, -0.2) is 10.2 Å². The molecule has 94 valence electrons. The number of aromatic nitrogens is 2. The summed E-state index contributed by atoms with van der Waals surface area (Å²) in [4.78, 5) is 0. The van der Waals surface area contributed by atoms with Gasteiger partial charge in [-0.15, -0.1) is 10.2 Å². The lowest BCUT2D eigenvalue weighted by Gasteiger charge is -1.97. The number of nitrogens with zero attached hydrogens (tertiary/aromatic N) is 2. The van der Waals surface area contributed by atoms with Crippen molar-refractivity contribution in [2.24, 2.45) is 0 Å². The summed E-state index contributed by atoms with van der Waals surface area (Å²) in [5.41, 5.74) is 2.12. The van der Waals surface area contributed by atoms with Crippen molar-refractivity contribution in [3.05, 3.63) is 69.6 Å². The average molecular weight is 362 g/mol. The highest BCUT2D eigenvalue weighted by Crippen LogP contribution is 2.19. The summed E-state index contributed by atoms with van der Waals surface area (Å²) in [6.45, 7) is 0. The zero-order valence-corrected chi connectivity index (χ0v) is 12.2. The lowest BCUT2D eigenvalue weighted by Crippen LogP contribution is -1.88. The first-order valence-electron chi connectivity index (χ1n) is 5.93. The molecule has 3 nitrogen and oxygen atoms in total. The molecule has 2 aromatic carbocycles. The van der Waals surface area contributed by atoms with E-state index in [0.717, 1.165) is 5.56 Å². The van der Waals surface area contributed by atoms with Gasteiger partial charge in [0.25, 0.3) is 0 Å². The SMILES string of the molecule is Ic1cccc(Cc2nnc(-c3ccccc3)o2)c1. The van der Waals surface area contributed by atoms with Crippen LogP contribution in [0.25, 0.3) is 11.5 Å². The smallest absolute Gasteiger partial charge is 0.247 e. The molecular formula is C15H11IN2O. The number of hydrogen-bond donors (Lipinski definition) is 0. The highest BCUT2D eigenvalue weighted by Gasteiger charge is 2.08. The molecule has 3 rings (SSSR count). The summed E-state index contributed by atoms with van der Waals surface area (Å²) in [5, 5.41) is 8.18. The molecule has 3 aromatic rings. The van der Waals surface area contributed by atoms with E-state index in [1.54, 1.807) is 0 Å². The number of rotatable bonds is 3. The minimum absolute atomic E-state index is 0.571. The van der Waals surface area contributed by atoms with Crippen LogP contribution in [0.2, 0.25) is 0 Å². The Labute approximate surface area is 124 Å². The maximum absolute atomic E-state index is 5.69. The first-order valence-corrected chi connectivity index (χ1v) is 7.01. The standard InChI is InChI=1S/C15H11IN2O/c16-13-8-4-5-11(9-13)10-14-17-18-15(19-14)12-6-2-1-3-7-12/h1-9H,10H2. The predicted octanol–water partition coefficient (Wildman–Crippen LogP) is 3.93. The van der Waals surface area contributed by atoms with Gasteiger partial charge in [0.15, 0.2) is 0 Å². The Bertz CT molecular complexity index is 679. The van der Waals surface area contributed by atoms with Crippen molar-refractivity contribution in [1.29, 1.82) is 0 Å². The molecule has 0 saturated heterocycles. The lowest BCUT2D eigenvalue weighted by atomic mass is 10.1. The van der Waals surface area contributed by atoms with E-state index in [4.69, 9.17) is 4.42 Å². The van der Waals surface area contributed by atoms with Crippen molar-refractivity contribution < 1.29 is 4.42 Å². The molecule has 0 aliphatic heterocycles. The first kappa shape index (κ1) is 12.3. The Hall–Kier alpha value is -1.69. The van der Waals surface area contributed by atoms with E-state index in [-0.39, 0.29) is 0 Å². The average Bonchev–Trinajstić information content (AvgIpc) is 2.88. The topological polar surface area (TPSA) is 38.9 Å². The molecule has 0 spiro atoms. The maximum Gasteiger partial charge on any atom is 0.247 e. The molecule has 1 aromatic heterocycles. The Morgan fingerprint density at radius 2 is 1.79 bits per heavy atom. The zero-order valence-electron chi connectivity index (χ0n) is 10.1. The van der Waals surface area contributed by atoms with Gasteiger partial charge in [0.2, 0.25) is 11.8 Å². The molecule has 4 heteroatoms. The van der Waals surface area contributed by atoms with Crippen molar-refractivity contribution >= 4 is 22.6 Å². The van der Waals surface area contributed by atoms with Crippen LogP contribution in [0, 0.1) is 3.57 Å². The van der Waals surface area contributed by atoms with Gasteiger partial charge in [-0.1, -0.05) is 30.3 Å². The molecule has 1 heterocycles. The summed E-state index contributed by atoms with van der Waals surface area (Å²) in [6, 6.07) is 18.1. The van der Waals surface area contributed by atoms with E-state index in [1.807, 2.05) is 36.4 Å². The second kappa shape index (κ2) is 5.52. The van der Waals surface area contributed by atoms with E-state index >= 15 is 0 Å². The molecule has 0 atom stereocenters. The monoisotopic (exact) mass is 362 g/mol. The highest BCUT2D eigenvalue weighted by molar-refractivity contribution is 14.1. The van der Waals surface area contributed by atoms with Crippen molar-refractivity contribution in [2.75, 3.05) is 0 Å². The fraction of sp³-hybridized carbons (Fsp3) is 0.0667. The number of hydrogen-bond acceptors (Lipinski definition) is 3. The van der Waals surface area contributed by atoms with Crippen molar-refractivity contribution in [3.63, 3.8) is 0 Å². The summed E-state index contributed by atoms with van der Waals surface area (Å²) in [5.74, 6) is 1.21. The Balaban J connectivity index is 1.82. The first-order chi connectivity index (χ1) is 9.31. The van der Waals surface area contributed by atoms with E-state index in [2.05, 4.69) is 51.0 Å². The molecule has 0 bridgehead atoms. The minimum Gasteiger partial charge on any atom is -0.420 e. The third-order valence-electron chi connectivity index (χ3n) is 2.73. The van der Waals surface area contributed by atoms with E-state index in [9.17, 15) is 0 Å². The summed E-state index contributed by atoms with van der Waals surface area (Å²) in [7, 11) is 0. The van der Waals surface area contributed by atoms with Crippen LogP contribution in [0.4, 0.5) is 0 Å². The van der Waals surface area contributed by atoms with Crippen LogP contribution in [0.5, 0.6) is 0 Å². The Morgan fingerprint density at radius 1 is 0.947 bits per heavy atom. The number of halogens is 1. The van der Waals surface area contributed by atoms with Gasteiger partial charge in [-0.2, -0.15) is 0 Å². The molecule has 19 heavy (non-hydrogen) atoms. The van der Waals surface area contributed by atoms with Crippen LogP contribution < -0.4 is 0 Å². The van der Waals surface area contributed by atoms with Crippen LogP contribution in [-0.2, 0) is 6.42 Å². The summed E-state index contributed by atoms with van der Waals surface area (Å²) < 4.78 is 6.90. The predicted molar refractivity (Wildman–Crippen MR) is 81.7 cm³/mol. The lowest BCUT2D eigenvalue weighted by molar-refractivity contribution is 0.518. The third kappa shape index (κ3) is 3.01. The summed E-state index contributed by atoms with van der Waals surface area (Å²) in [6.07, 6.45) is 0.663. The molecular weight excluding hydrogens is 351 g/mol. The van der Waals surface area contributed by atoms with Crippen LogP contribution in [0.15, 0.2) is 59.0 Å². The quantitative estimate of drug-likeness (QED) is 0.663. The Morgan fingerprint density at radius 3 is 2.58 bits per heavy atom. The van der Waals surface area contributed by atoms with Gasteiger partial charge >= 0.3 is 0 Å². The number of benzene rings is 2. The van der Waals surface area contributed by atoms with Crippen LogP contribution in [0.3, 0.4) is 0 Å². The molecule has 0 amide bonds. The fourth-order valence-electron chi connectivity index (χ4n) is 1.84. The van der Waals surface area contributed by atoms with Gasteiger partial charge in [0.1, 0.15) is 0 Å². The van der Waals surface area contributed by atoms with Gasteiger partial charge in [-0.05, 0) is 52.4 Å².